The molecular formula is C18H25NO. The Morgan fingerprint density at radius 3 is 2.80 bits per heavy atom. The van der Waals surface area contributed by atoms with E-state index in [4.69, 9.17) is 4.42 Å². The molecule has 2 heteroatoms. The molecule has 0 saturated heterocycles. The quantitative estimate of drug-likeness (QED) is 0.854. The van der Waals surface area contributed by atoms with Crippen LogP contribution in [0.3, 0.4) is 0 Å². The Balaban J connectivity index is 1.97. The number of furan rings is 1. The zero-order chi connectivity index (χ0) is 14.2. The smallest absolute Gasteiger partial charge is 0.134 e. The van der Waals surface area contributed by atoms with Gasteiger partial charge in [-0.15, -0.1) is 0 Å². The fourth-order valence-corrected chi connectivity index (χ4v) is 3.79. The minimum absolute atomic E-state index is 0.338. The molecule has 20 heavy (non-hydrogen) atoms. The van der Waals surface area contributed by atoms with Crippen molar-refractivity contribution in [2.24, 2.45) is 11.3 Å². The molecule has 3 rings (SSSR count). The Morgan fingerprint density at radius 1 is 1.35 bits per heavy atom. The average molecular weight is 271 g/mol. The van der Waals surface area contributed by atoms with Crippen molar-refractivity contribution >= 4 is 11.0 Å². The third kappa shape index (κ3) is 2.37. The van der Waals surface area contributed by atoms with E-state index in [2.05, 4.69) is 50.4 Å². The van der Waals surface area contributed by atoms with E-state index in [0.717, 1.165) is 17.9 Å². The molecular weight excluding hydrogens is 246 g/mol. The highest BCUT2D eigenvalue weighted by Gasteiger charge is 2.41. The van der Waals surface area contributed by atoms with Crippen molar-refractivity contribution in [3.8, 4) is 0 Å². The summed E-state index contributed by atoms with van der Waals surface area (Å²) in [5.41, 5.74) is 1.40. The van der Waals surface area contributed by atoms with E-state index >= 15 is 0 Å². The van der Waals surface area contributed by atoms with Crippen LogP contribution in [0.1, 0.15) is 51.8 Å². The van der Waals surface area contributed by atoms with Gasteiger partial charge in [0.2, 0.25) is 0 Å². The molecule has 2 atom stereocenters. The number of benzene rings is 1. The van der Waals surface area contributed by atoms with Crippen molar-refractivity contribution in [2.75, 3.05) is 6.54 Å². The van der Waals surface area contributed by atoms with Crippen LogP contribution in [0.4, 0.5) is 0 Å². The fourth-order valence-electron chi connectivity index (χ4n) is 3.79. The number of para-hydroxylation sites is 1. The fraction of sp³-hybridized carbons (Fsp3) is 0.556. The molecule has 1 aliphatic carbocycles. The van der Waals surface area contributed by atoms with Crippen molar-refractivity contribution in [2.45, 2.75) is 46.1 Å². The zero-order valence-corrected chi connectivity index (χ0v) is 12.8. The molecule has 2 unspecified atom stereocenters. The molecule has 1 fully saturated rings. The van der Waals surface area contributed by atoms with Gasteiger partial charge in [-0.3, -0.25) is 0 Å². The van der Waals surface area contributed by atoms with Crippen LogP contribution in [0.25, 0.3) is 11.0 Å². The second kappa shape index (κ2) is 5.25. The molecule has 0 amide bonds. The summed E-state index contributed by atoms with van der Waals surface area (Å²) in [4.78, 5) is 0. The first kappa shape index (κ1) is 13.7. The number of nitrogens with one attached hydrogen (secondary N) is 1. The predicted molar refractivity (Wildman–Crippen MR) is 83.8 cm³/mol. The highest BCUT2D eigenvalue weighted by molar-refractivity contribution is 5.77. The summed E-state index contributed by atoms with van der Waals surface area (Å²) >= 11 is 0. The highest BCUT2D eigenvalue weighted by atomic mass is 16.3. The van der Waals surface area contributed by atoms with Gasteiger partial charge in [-0.1, -0.05) is 45.4 Å². The summed E-state index contributed by atoms with van der Waals surface area (Å²) < 4.78 is 6.13. The van der Waals surface area contributed by atoms with Gasteiger partial charge in [0.05, 0.1) is 6.04 Å². The molecule has 0 radical (unpaired) electrons. The van der Waals surface area contributed by atoms with Crippen LogP contribution >= 0.6 is 0 Å². The Kier molecular flexibility index (Phi) is 3.59. The molecule has 1 aromatic carbocycles. The zero-order valence-electron chi connectivity index (χ0n) is 12.8. The summed E-state index contributed by atoms with van der Waals surface area (Å²) in [6.45, 7) is 7.96. The Hall–Kier alpha value is -1.28. The van der Waals surface area contributed by atoms with E-state index in [1.807, 2.05) is 6.07 Å². The first-order valence-corrected chi connectivity index (χ1v) is 7.83. The largest absolute Gasteiger partial charge is 0.459 e. The van der Waals surface area contributed by atoms with Crippen molar-refractivity contribution in [3.05, 3.63) is 36.1 Å². The number of hydrogen-bond donors (Lipinski definition) is 1. The van der Waals surface area contributed by atoms with Crippen molar-refractivity contribution in [3.63, 3.8) is 0 Å². The van der Waals surface area contributed by atoms with Gasteiger partial charge in [-0.25, -0.2) is 0 Å². The standard InChI is InChI=1S/C18H25NO/c1-4-19-17(14-9-7-11-18(14,2)3)16-12-13-8-5-6-10-15(13)20-16/h5-6,8,10,12,14,17,19H,4,7,9,11H2,1-3H3. The van der Waals surface area contributed by atoms with Gasteiger partial charge >= 0.3 is 0 Å². The first-order chi connectivity index (χ1) is 9.62. The summed E-state index contributed by atoms with van der Waals surface area (Å²) in [6, 6.07) is 10.9. The van der Waals surface area contributed by atoms with E-state index in [1.165, 1.54) is 24.6 Å². The van der Waals surface area contributed by atoms with Crippen LogP contribution in [-0.2, 0) is 0 Å². The lowest BCUT2D eigenvalue weighted by atomic mass is 9.76. The van der Waals surface area contributed by atoms with Gasteiger partial charge in [-0.05, 0) is 42.9 Å². The van der Waals surface area contributed by atoms with Crippen molar-refractivity contribution in [1.82, 2.24) is 5.32 Å². The molecule has 0 bridgehead atoms. The lowest BCUT2D eigenvalue weighted by Gasteiger charge is -2.33. The van der Waals surface area contributed by atoms with Crippen LogP contribution in [0.15, 0.2) is 34.7 Å². The summed E-state index contributed by atoms with van der Waals surface area (Å²) in [5, 5.41) is 4.87. The number of rotatable bonds is 4. The normalized spacial score (nSPS) is 23.2. The molecule has 2 aromatic rings. The summed E-state index contributed by atoms with van der Waals surface area (Å²) in [7, 11) is 0. The molecule has 1 heterocycles. The minimum Gasteiger partial charge on any atom is -0.459 e. The van der Waals surface area contributed by atoms with Crippen LogP contribution < -0.4 is 5.32 Å². The van der Waals surface area contributed by atoms with Gasteiger partial charge < -0.3 is 9.73 Å². The number of hydrogen-bond acceptors (Lipinski definition) is 2. The maximum absolute atomic E-state index is 6.13. The maximum atomic E-state index is 6.13. The van der Waals surface area contributed by atoms with Crippen LogP contribution in [0, 0.1) is 11.3 Å². The van der Waals surface area contributed by atoms with E-state index in [-0.39, 0.29) is 0 Å². The summed E-state index contributed by atoms with van der Waals surface area (Å²) in [5.74, 6) is 1.76. The van der Waals surface area contributed by atoms with E-state index in [0.29, 0.717) is 17.4 Å². The van der Waals surface area contributed by atoms with Crippen LogP contribution in [0.2, 0.25) is 0 Å². The lowest BCUT2D eigenvalue weighted by molar-refractivity contribution is 0.184. The molecule has 1 aliphatic rings. The van der Waals surface area contributed by atoms with Gasteiger partial charge in [0.15, 0.2) is 0 Å². The second-order valence-electron chi connectivity index (χ2n) is 6.71. The minimum atomic E-state index is 0.338. The van der Waals surface area contributed by atoms with Crippen molar-refractivity contribution < 1.29 is 4.42 Å². The van der Waals surface area contributed by atoms with Crippen LogP contribution in [0.5, 0.6) is 0 Å². The topological polar surface area (TPSA) is 25.2 Å². The Bertz CT molecular complexity index is 551. The Labute approximate surface area is 121 Å². The summed E-state index contributed by atoms with van der Waals surface area (Å²) in [6.07, 6.45) is 3.95. The molecule has 1 saturated carbocycles. The van der Waals surface area contributed by atoms with Crippen molar-refractivity contribution in [1.29, 1.82) is 0 Å². The third-order valence-corrected chi connectivity index (χ3v) is 4.92. The maximum Gasteiger partial charge on any atom is 0.134 e. The first-order valence-electron chi connectivity index (χ1n) is 7.83. The van der Waals surface area contributed by atoms with E-state index in [1.54, 1.807) is 0 Å². The molecule has 0 aliphatic heterocycles. The van der Waals surface area contributed by atoms with Gasteiger partial charge in [0.1, 0.15) is 11.3 Å². The predicted octanol–water partition coefficient (Wildman–Crippen LogP) is 4.91. The highest BCUT2D eigenvalue weighted by Crippen LogP contribution is 2.49. The second-order valence-corrected chi connectivity index (χ2v) is 6.71. The van der Waals surface area contributed by atoms with Gasteiger partial charge in [0, 0.05) is 5.39 Å². The van der Waals surface area contributed by atoms with E-state index in [9.17, 15) is 0 Å². The lowest BCUT2D eigenvalue weighted by Crippen LogP contribution is -2.33. The Morgan fingerprint density at radius 2 is 2.15 bits per heavy atom. The molecule has 0 spiro atoms. The molecule has 2 nitrogen and oxygen atoms in total. The molecule has 1 aromatic heterocycles. The van der Waals surface area contributed by atoms with Gasteiger partial charge in [-0.2, -0.15) is 0 Å². The van der Waals surface area contributed by atoms with Gasteiger partial charge in [0.25, 0.3) is 0 Å². The van der Waals surface area contributed by atoms with E-state index < -0.39 is 0 Å². The monoisotopic (exact) mass is 271 g/mol. The SMILES string of the molecule is CCNC(c1cc2ccccc2o1)C1CCCC1(C)C. The molecule has 1 N–H and O–H groups in total. The third-order valence-electron chi connectivity index (χ3n) is 4.92. The molecule has 108 valence electrons. The number of fused-ring (bicyclic) bond motifs is 1. The van der Waals surface area contributed by atoms with Crippen LogP contribution in [-0.4, -0.2) is 6.54 Å². The average Bonchev–Trinajstić information content (AvgIpc) is 2.99.